The summed E-state index contributed by atoms with van der Waals surface area (Å²) in [5.74, 6) is 0. The Labute approximate surface area is 111 Å². The van der Waals surface area contributed by atoms with E-state index in [1.54, 1.807) is 24.5 Å². The maximum atomic E-state index is 9.41. The lowest BCUT2D eigenvalue weighted by Gasteiger charge is -2.18. The molecule has 2 aromatic heterocycles. The van der Waals surface area contributed by atoms with Crippen molar-refractivity contribution < 1.29 is 5.11 Å². The third-order valence-corrected chi connectivity index (χ3v) is 3.53. The van der Waals surface area contributed by atoms with Crippen molar-refractivity contribution in [1.29, 1.82) is 0 Å². The summed E-state index contributed by atoms with van der Waals surface area (Å²) in [4.78, 5) is 10.8. The number of aryl methyl sites for hydroxylation is 1. The van der Waals surface area contributed by atoms with Crippen molar-refractivity contribution in [1.82, 2.24) is 9.97 Å². The fraction of sp³-hybridized carbons (Fsp3) is 0.385. The minimum atomic E-state index is -0.523. The molecule has 0 aliphatic heterocycles. The number of aromatic nitrogens is 2. The first kappa shape index (κ1) is 13.0. The topological polar surface area (TPSA) is 49.2 Å². The zero-order valence-corrected chi connectivity index (χ0v) is 11.6. The summed E-state index contributed by atoms with van der Waals surface area (Å²) >= 11 is 1.66. The van der Waals surface area contributed by atoms with E-state index in [1.807, 2.05) is 26.1 Å². The summed E-state index contributed by atoms with van der Waals surface area (Å²) in [7, 11) is 2.01. The molecule has 5 heteroatoms. The highest BCUT2D eigenvalue weighted by molar-refractivity contribution is 7.09. The zero-order chi connectivity index (χ0) is 13.1. The number of anilines is 1. The van der Waals surface area contributed by atoms with Crippen LogP contribution in [-0.4, -0.2) is 22.1 Å². The van der Waals surface area contributed by atoms with Crippen LogP contribution in [0.4, 0.5) is 5.69 Å². The summed E-state index contributed by atoms with van der Waals surface area (Å²) in [6.07, 6.45) is 1.26. The fourth-order valence-corrected chi connectivity index (χ4v) is 2.29. The molecule has 0 aliphatic carbocycles. The molecule has 0 bridgehead atoms. The molecule has 4 nitrogen and oxygen atoms in total. The van der Waals surface area contributed by atoms with Gasteiger partial charge in [-0.1, -0.05) is 0 Å². The van der Waals surface area contributed by atoms with Gasteiger partial charge in [0.1, 0.15) is 0 Å². The second kappa shape index (κ2) is 5.46. The molecular weight excluding hydrogens is 246 g/mol. The SMILES string of the molecule is Cc1nc(CN(C)c2ccc(C(C)O)nc2)cs1. The number of hydrogen-bond donors (Lipinski definition) is 1. The highest BCUT2D eigenvalue weighted by Gasteiger charge is 2.07. The Morgan fingerprint density at radius 1 is 1.44 bits per heavy atom. The highest BCUT2D eigenvalue weighted by atomic mass is 32.1. The standard InChI is InChI=1S/C13H17N3OS/c1-9(17)13-5-4-12(6-14-13)16(3)7-11-8-18-10(2)15-11/h4-6,8-9,17H,7H2,1-3H3. The number of rotatable bonds is 4. The minimum Gasteiger partial charge on any atom is -0.387 e. The molecule has 0 saturated heterocycles. The molecule has 0 saturated carbocycles. The van der Waals surface area contributed by atoms with Gasteiger partial charge in [0, 0.05) is 12.4 Å². The molecule has 2 heterocycles. The molecule has 0 amide bonds. The van der Waals surface area contributed by atoms with E-state index in [2.05, 4.69) is 20.2 Å². The molecule has 2 aromatic rings. The maximum Gasteiger partial charge on any atom is 0.0931 e. The van der Waals surface area contributed by atoms with Gasteiger partial charge < -0.3 is 10.0 Å². The third-order valence-electron chi connectivity index (χ3n) is 2.71. The lowest BCUT2D eigenvalue weighted by atomic mass is 10.2. The maximum absolute atomic E-state index is 9.41. The van der Waals surface area contributed by atoms with Crippen molar-refractivity contribution in [3.63, 3.8) is 0 Å². The average Bonchev–Trinajstić information content (AvgIpc) is 2.75. The lowest BCUT2D eigenvalue weighted by molar-refractivity contribution is 0.194. The molecule has 0 fully saturated rings. The molecule has 0 aliphatic rings. The van der Waals surface area contributed by atoms with Crippen LogP contribution in [0.25, 0.3) is 0 Å². The summed E-state index contributed by atoms with van der Waals surface area (Å²) in [5, 5.41) is 12.6. The van der Waals surface area contributed by atoms with Crippen LogP contribution >= 0.6 is 11.3 Å². The van der Waals surface area contributed by atoms with E-state index in [9.17, 15) is 5.11 Å². The summed E-state index contributed by atoms with van der Waals surface area (Å²) in [5.41, 5.74) is 2.78. The summed E-state index contributed by atoms with van der Waals surface area (Å²) in [6.45, 7) is 4.48. The lowest BCUT2D eigenvalue weighted by Crippen LogP contribution is -2.17. The molecule has 1 N–H and O–H groups in total. The van der Waals surface area contributed by atoms with Crippen molar-refractivity contribution in [3.05, 3.63) is 40.1 Å². The first-order valence-electron chi connectivity index (χ1n) is 5.82. The molecule has 0 radical (unpaired) electrons. The second-order valence-electron chi connectivity index (χ2n) is 4.33. The number of thiazole rings is 1. The first-order valence-corrected chi connectivity index (χ1v) is 6.70. The summed E-state index contributed by atoms with van der Waals surface area (Å²) < 4.78 is 0. The van der Waals surface area contributed by atoms with Gasteiger partial charge in [0.05, 0.1) is 40.9 Å². The molecule has 2 rings (SSSR count). The number of aliphatic hydroxyl groups excluding tert-OH is 1. The Bertz CT molecular complexity index is 507. The van der Waals surface area contributed by atoms with Crippen molar-refractivity contribution in [2.24, 2.45) is 0 Å². The van der Waals surface area contributed by atoms with Crippen LogP contribution in [0.2, 0.25) is 0 Å². The van der Waals surface area contributed by atoms with Gasteiger partial charge in [-0.2, -0.15) is 0 Å². The monoisotopic (exact) mass is 263 g/mol. The van der Waals surface area contributed by atoms with Crippen molar-refractivity contribution in [2.45, 2.75) is 26.5 Å². The van der Waals surface area contributed by atoms with Crippen LogP contribution in [-0.2, 0) is 6.54 Å². The normalized spacial score (nSPS) is 12.4. The van der Waals surface area contributed by atoms with Crippen molar-refractivity contribution in [2.75, 3.05) is 11.9 Å². The van der Waals surface area contributed by atoms with Crippen molar-refractivity contribution >= 4 is 17.0 Å². The Hall–Kier alpha value is -1.46. The van der Waals surface area contributed by atoms with E-state index in [4.69, 9.17) is 0 Å². The average molecular weight is 263 g/mol. The van der Waals surface area contributed by atoms with Gasteiger partial charge in [-0.05, 0) is 26.0 Å². The predicted molar refractivity (Wildman–Crippen MR) is 73.8 cm³/mol. The van der Waals surface area contributed by atoms with Gasteiger partial charge in [-0.15, -0.1) is 11.3 Å². The van der Waals surface area contributed by atoms with E-state index in [1.165, 1.54) is 0 Å². The van der Waals surface area contributed by atoms with E-state index < -0.39 is 6.10 Å². The van der Waals surface area contributed by atoms with Crippen LogP contribution in [0.1, 0.15) is 29.4 Å². The van der Waals surface area contributed by atoms with E-state index in [-0.39, 0.29) is 0 Å². The van der Waals surface area contributed by atoms with Gasteiger partial charge in [0.15, 0.2) is 0 Å². The van der Waals surface area contributed by atoms with E-state index >= 15 is 0 Å². The second-order valence-corrected chi connectivity index (χ2v) is 5.39. The van der Waals surface area contributed by atoms with Crippen LogP contribution in [0.3, 0.4) is 0 Å². The Morgan fingerprint density at radius 2 is 2.22 bits per heavy atom. The van der Waals surface area contributed by atoms with Crippen LogP contribution in [0.15, 0.2) is 23.7 Å². The first-order chi connectivity index (χ1) is 8.56. The number of pyridine rings is 1. The smallest absolute Gasteiger partial charge is 0.0931 e. The molecule has 1 atom stereocenters. The predicted octanol–water partition coefficient (Wildman–Crippen LogP) is 2.54. The zero-order valence-electron chi connectivity index (χ0n) is 10.8. The Morgan fingerprint density at radius 3 is 2.72 bits per heavy atom. The Kier molecular flexibility index (Phi) is 3.93. The van der Waals surface area contributed by atoms with Gasteiger partial charge in [-0.25, -0.2) is 4.98 Å². The quantitative estimate of drug-likeness (QED) is 0.921. The molecule has 18 heavy (non-hydrogen) atoms. The van der Waals surface area contributed by atoms with Crippen LogP contribution in [0.5, 0.6) is 0 Å². The molecule has 0 spiro atoms. The van der Waals surface area contributed by atoms with Crippen LogP contribution < -0.4 is 4.90 Å². The van der Waals surface area contributed by atoms with Gasteiger partial charge in [0.25, 0.3) is 0 Å². The van der Waals surface area contributed by atoms with Gasteiger partial charge in [-0.3, -0.25) is 4.98 Å². The van der Waals surface area contributed by atoms with Crippen LogP contribution in [0, 0.1) is 6.92 Å². The molecule has 96 valence electrons. The minimum absolute atomic E-state index is 0.523. The van der Waals surface area contributed by atoms with Crippen molar-refractivity contribution in [3.8, 4) is 0 Å². The number of nitrogens with zero attached hydrogens (tertiary/aromatic N) is 3. The molecule has 1 unspecified atom stereocenters. The van der Waals surface area contributed by atoms with Gasteiger partial charge >= 0.3 is 0 Å². The third kappa shape index (κ3) is 3.05. The molecule has 0 aromatic carbocycles. The fourth-order valence-electron chi connectivity index (χ4n) is 1.69. The number of aliphatic hydroxyl groups is 1. The Balaban J connectivity index is 2.06. The highest BCUT2D eigenvalue weighted by Crippen LogP contribution is 2.18. The van der Waals surface area contributed by atoms with Gasteiger partial charge in [0.2, 0.25) is 0 Å². The van der Waals surface area contributed by atoms with E-state index in [0.717, 1.165) is 22.9 Å². The summed E-state index contributed by atoms with van der Waals surface area (Å²) in [6, 6.07) is 3.82. The largest absolute Gasteiger partial charge is 0.387 e. The number of hydrogen-bond acceptors (Lipinski definition) is 5. The van der Waals surface area contributed by atoms with E-state index in [0.29, 0.717) is 5.69 Å². The molecular formula is C13H17N3OS.